The van der Waals surface area contributed by atoms with Crippen LogP contribution in [-0.4, -0.2) is 10.2 Å². The molecule has 0 aliphatic heterocycles. The quantitative estimate of drug-likeness (QED) is 0.670. The highest BCUT2D eigenvalue weighted by Gasteiger charge is 1.93. The minimum absolute atomic E-state index is 0.497. The Labute approximate surface area is 58.5 Å². The summed E-state index contributed by atoms with van der Waals surface area (Å²) in [6, 6.07) is 0. The fraction of sp³-hybridized carbons (Fsp3) is 0. The molecule has 0 unspecified atom stereocenters. The van der Waals surface area contributed by atoms with Gasteiger partial charge in [-0.1, -0.05) is 0 Å². The number of anilines is 1. The molecular formula is C3H3BrN2OS. The van der Waals surface area contributed by atoms with Crippen LogP contribution in [0.2, 0.25) is 0 Å². The summed E-state index contributed by atoms with van der Waals surface area (Å²) in [6.45, 7) is 0. The zero-order valence-corrected chi connectivity index (χ0v) is 6.16. The summed E-state index contributed by atoms with van der Waals surface area (Å²) in [4.78, 5) is 3.80. The molecule has 1 aromatic heterocycles. The van der Waals surface area contributed by atoms with Gasteiger partial charge in [0.2, 0.25) is 5.13 Å². The fourth-order valence-electron chi connectivity index (χ4n) is 0.306. The molecule has 2 N–H and O–H groups in total. The lowest BCUT2D eigenvalue weighted by atomic mass is 11.0. The molecule has 0 fully saturated rings. The van der Waals surface area contributed by atoms with Crippen LogP contribution in [0.5, 0.6) is 0 Å². The van der Waals surface area contributed by atoms with Crippen LogP contribution >= 0.6 is 27.3 Å². The lowest BCUT2D eigenvalue weighted by Crippen LogP contribution is -1.85. The van der Waals surface area contributed by atoms with Crippen LogP contribution < -0.4 is 5.48 Å². The van der Waals surface area contributed by atoms with Gasteiger partial charge in [0, 0.05) is 5.38 Å². The van der Waals surface area contributed by atoms with E-state index in [0.29, 0.717) is 5.13 Å². The van der Waals surface area contributed by atoms with Crippen molar-refractivity contribution in [1.82, 2.24) is 4.98 Å². The molecule has 0 spiro atoms. The maximum absolute atomic E-state index is 8.23. The van der Waals surface area contributed by atoms with Crippen molar-refractivity contribution >= 4 is 32.4 Å². The van der Waals surface area contributed by atoms with E-state index < -0.39 is 0 Å². The highest BCUT2D eigenvalue weighted by molar-refractivity contribution is 9.10. The van der Waals surface area contributed by atoms with Crippen molar-refractivity contribution in [1.29, 1.82) is 0 Å². The summed E-state index contributed by atoms with van der Waals surface area (Å²) in [5, 5.41) is 10.5. The van der Waals surface area contributed by atoms with Crippen molar-refractivity contribution in [3.8, 4) is 0 Å². The van der Waals surface area contributed by atoms with Gasteiger partial charge in [-0.05, 0) is 15.9 Å². The van der Waals surface area contributed by atoms with Gasteiger partial charge in [-0.2, -0.15) is 0 Å². The summed E-state index contributed by atoms with van der Waals surface area (Å²) in [5.74, 6) is 0. The number of nitrogens with zero attached hydrogens (tertiary/aromatic N) is 1. The van der Waals surface area contributed by atoms with Gasteiger partial charge in [0.25, 0.3) is 0 Å². The lowest BCUT2D eigenvalue weighted by Gasteiger charge is -1.83. The molecule has 5 heteroatoms. The van der Waals surface area contributed by atoms with Crippen LogP contribution in [0.25, 0.3) is 0 Å². The van der Waals surface area contributed by atoms with Crippen molar-refractivity contribution < 1.29 is 5.21 Å². The second-order valence-electron chi connectivity index (χ2n) is 1.09. The highest BCUT2D eigenvalue weighted by atomic mass is 79.9. The summed E-state index contributed by atoms with van der Waals surface area (Å²) in [7, 11) is 0. The molecular weight excluding hydrogens is 192 g/mol. The Hall–Kier alpha value is -0.130. The molecule has 0 bridgehead atoms. The van der Waals surface area contributed by atoms with Crippen LogP contribution in [0, 0.1) is 0 Å². The molecule has 0 aromatic carbocycles. The molecule has 0 amide bonds. The van der Waals surface area contributed by atoms with E-state index in [4.69, 9.17) is 5.21 Å². The van der Waals surface area contributed by atoms with E-state index in [1.165, 1.54) is 11.3 Å². The molecule has 0 aliphatic rings. The average molecular weight is 195 g/mol. The van der Waals surface area contributed by atoms with Gasteiger partial charge in [0.15, 0.2) is 0 Å². The Balaban J connectivity index is 2.84. The smallest absolute Gasteiger partial charge is 0.207 e. The number of rotatable bonds is 1. The van der Waals surface area contributed by atoms with Gasteiger partial charge in [0.05, 0.1) is 0 Å². The number of nitrogens with one attached hydrogen (secondary N) is 1. The molecule has 0 aliphatic carbocycles. The Morgan fingerprint density at radius 3 is 2.88 bits per heavy atom. The molecule has 44 valence electrons. The molecule has 1 heterocycles. The minimum atomic E-state index is 0.497. The van der Waals surface area contributed by atoms with Crippen LogP contribution in [0.1, 0.15) is 0 Å². The third kappa shape index (κ3) is 1.18. The normalized spacial score (nSPS) is 9.25. The number of thiazole rings is 1. The zero-order chi connectivity index (χ0) is 5.98. The SMILES string of the molecule is ONc1nc(Br)cs1. The van der Waals surface area contributed by atoms with Crippen LogP contribution in [0.4, 0.5) is 5.13 Å². The average Bonchev–Trinajstić information content (AvgIpc) is 2.14. The summed E-state index contributed by atoms with van der Waals surface area (Å²) >= 11 is 4.45. The van der Waals surface area contributed by atoms with Gasteiger partial charge in [0.1, 0.15) is 4.60 Å². The predicted molar refractivity (Wildman–Crippen MR) is 35.2 cm³/mol. The Bertz CT molecular complexity index is 178. The third-order valence-corrected chi connectivity index (χ3v) is 2.03. The van der Waals surface area contributed by atoms with E-state index in [9.17, 15) is 0 Å². The predicted octanol–water partition coefficient (Wildman–Crippen LogP) is 1.71. The van der Waals surface area contributed by atoms with E-state index in [1.54, 1.807) is 5.38 Å². The second kappa shape index (κ2) is 2.43. The van der Waals surface area contributed by atoms with E-state index in [1.807, 2.05) is 5.48 Å². The van der Waals surface area contributed by atoms with Gasteiger partial charge in [-0.15, -0.1) is 11.3 Å². The van der Waals surface area contributed by atoms with E-state index in [-0.39, 0.29) is 0 Å². The summed E-state index contributed by atoms with van der Waals surface area (Å²) < 4.78 is 0.735. The van der Waals surface area contributed by atoms with Gasteiger partial charge < -0.3 is 0 Å². The molecule has 0 atom stereocenters. The first-order valence-electron chi connectivity index (χ1n) is 1.84. The number of aromatic nitrogens is 1. The Kier molecular flexibility index (Phi) is 1.82. The Morgan fingerprint density at radius 1 is 1.88 bits per heavy atom. The second-order valence-corrected chi connectivity index (χ2v) is 2.76. The molecule has 8 heavy (non-hydrogen) atoms. The van der Waals surface area contributed by atoms with Crippen LogP contribution in [0.3, 0.4) is 0 Å². The molecule has 0 radical (unpaired) electrons. The number of hydrogen-bond acceptors (Lipinski definition) is 4. The first-order valence-corrected chi connectivity index (χ1v) is 3.51. The molecule has 3 nitrogen and oxygen atoms in total. The van der Waals surface area contributed by atoms with E-state index in [2.05, 4.69) is 20.9 Å². The minimum Gasteiger partial charge on any atom is -0.289 e. The van der Waals surface area contributed by atoms with Crippen molar-refractivity contribution in [2.45, 2.75) is 0 Å². The molecule has 1 aromatic rings. The maximum Gasteiger partial charge on any atom is 0.207 e. The van der Waals surface area contributed by atoms with Crippen molar-refractivity contribution in [2.75, 3.05) is 5.48 Å². The number of hydrogen-bond donors (Lipinski definition) is 2. The standard InChI is InChI=1S/C3H3BrN2OS/c4-2-1-8-3(5-2)6-7/h1,7H,(H,5,6). The van der Waals surface area contributed by atoms with Crippen molar-refractivity contribution in [3.05, 3.63) is 9.98 Å². The van der Waals surface area contributed by atoms with Crippen molar-refractivity contribution in [2.24, 2.45) is 0 Å². The van der Waals surface area contributed by atoms with E-state index >= 15 is 0 Å². The topological polar surface area (TPSA) is 45.1 Å². The van der Waals surface area contributed by atoms with Gasteiger partial charge in [-0.3, -0.25) is 5.21 Å². The van der Waals surface area contributed by atoms with Gasteiger partial charge in [-0.25, -0.2) is 10.5 Å². The van der Waals surface area contributed by atoms with Gasteiger partial charge >= 0.3 is 0 Å². The maximum atomic E-state index is 8.23. The molecule has 0 saturated heterocycles. The third-order valence-electron chi connectivity index (χ3n) is 0.572. The lowest BCUT2D eigenvalue weighted by molar-refractivity contribution is 0.388. The number of halogens is 1. The van der Waals surface area contributed by atoms with E-state index in [0.717, 1.165) is 4.60 Å². The van der Waals surface area contributed by atoms with Crippen molar-refractivity contribution in [3.63, 3.8) is 0 Å². The first-order chi connectivity index (χ1) is 3.83. The first kappa shape index (κ1) is 6.00. The monoisotopic (exact) mass is 194 g/mol. The summed E-state index contributed by atoms with van der Waals surface area (Å²) in [6.07, 6.45) is 0. The largest absolute Gasteiger partial charge is 0.289 e. The van der Waals surface area contributed by atoms with Crippen LogP contribution in [0.15, 0.2) is 9.98 Å². The Morgan fingerprint density at radius 2 is 2.62 bits per heavy atom. The molecule has 1 rings (SSSR count). The zero-order valence-electron chi connectivity index (χ0n) is 3.76. The summed E-state index contributed by atoms with van der Waals surface area (Å²) in [5.41, 5.74) is 1.93. The van der Waals surface area contributed by atoms with Crippen LogP contribution in [-0.2, 0) is 0 Å². The molecule has 0 saturated carbocycles. The highest BCUT2D eigenvalue weighted by Crippen LogP contribution is 2.17. The fourth-order valence-corrected chi connectivity index (χ4v) is 1.35.